The van der Waals surface area contributed by atoms with Crippen molar-refractivity contribution in [2.75, 3.05) is 0 Å². The van der Waals surface area contributed by atoms with E-state index in [-0.39, 0.29) is 6.10 Å². The molecular formula is C16H21N3O. The summed E-state index contributed by atoms with van der Waals surface area (Å²) in [5.74, 6) is 0. The van der Waals surface area contributed by atoms with Crippen LogP contribution in [-0.2, 0) is 6.54 Å². The fourth-order valence-electron chi connectivity index (χ4n) is 2.90. The van der Waals surface area contributed by atoms with Crippen molar-refractivity contribution >= 4 is 0 Å². The topological polar surface area (TPSA) is 60.9 Å². The van der Waals surface area contributed by atoms with Crippen molar-refractivity contribution in [3.05, 3.63) is 42.1 Å². The van der Waals surface area contributed by atoms with Gasteiger partial charge in [0.05, 0.1) is 18.0 Å². The quantitative estimate of drug-likeness (QED) is 0.800. The van der Waals surface area contributed by atoms with E-state index in [1.165, 1.54) is 5.56 Å². The van der Waals surface area contributed by atoms with Gasteiger partial charge in [0.1, 0.15) is 0 Å². The predicted molar refractivity (Wildman–Crippen MR) is 79.1 cm³/mol. The zero-order valence-corrected chi connectivity index (χ0v) is 11.5. The van der Waals surface area contributed by atoms with Crippen LogP contribution in [0.3, 0.4) is 0 Å². The normalized spacial score (nSPS) is 22.9. The molecule has 1 aromatic carbocycles. The van der Waals surface area contributed by atoms with E-state index in [4.69, 9.17) is 0 Å². The fourth-order valence-corrected chi connectivity index (χ4v) is 2.90. The van der Waals surface area contributed by atoms with Crippen LogP contribution in [0.5, 0.6) is 0 Å². The number of benzene rings is 1. The predicted octanol–water partition coefficient (Wildman–Crippen LogP) is 2.47. The van der Waals surface area contributed by atoms with E-state index < -0.39 is 0 Å². The minimum absolute atomic E-state index is 0.140. The van der Waals surface area contributed by atoms with Crippen LogP contribution in [0.1, 0.15) is 31.2 Å². The van der Waals surface area contributed by atoms with Crippen molar-refractivity contribution in [3.63, 3.8) is 0 Å². The first-order valence-corrected chi connectivity index (χ1v) is 7.32. The number of aliphatic hydroxyl groups is 1. The average molecular weight is 271 g/mol. The third-order valence-corrected chi connectivity index (χ3v) is 4.01. The summed E-state index contributed by atoms with van der Waals surface area (Å²) in [5, 5.41) is 20.5. The molecule has 0 radical (unpaired) electrons. The molecule has 4 nitrogen and oxygen atoms in total. The molecule has 3 N–H and O–H groups in total. The van der Waals surface area contributed by atoms with E-state index in [9.17, 15) is 5.11 Å². The molecule has 1 saturated carbocycles. The van der Waals surface area contributed by atoms with E-state index >= 15 is 0 Å². The van der Waals surface area contributed by atoms with Crippen LogP contribution in [0, 0.1) is 0 Å². The lowest BCUT2D eigenvalue weighted by Gasteiger charge is -2.26. The summed E-state index contributed by atoms with van der Waals surface area (Å²) in [6.07, 6.45) is 5.80. The Morgan fingerprint density at radius 2 is 2.10 bits per heavy atom. The highest BCUT2D eigenvalue weighted by Crippen LogP contribution is 2.22. The molecule has 0 bridgehead atoms. The van der Waals surface area contributed by atoms with Gasteiger partial charge in [-0.25, -0.2) is 0 Å². The van der Waals surface area contributed by atoms with Crippen molar-refractivity contribution in [1.29, 1.82) is 0 Å². The number of nitrogens with zero attached hydrogens (tertiary/aromatic N) is 1. The maximum Gasteiger partial charge on any atom is 0.0695 e. The zero-order valence-electron chi connectivity index (χ0n) is 11.5. The Kier molecular flexibility index (Phi) is 4.14. The minimum Gasteiger partial charge on any atom is -0.393 e. The fraction of sp³-hybridized carbons (Fsp3) is 0.438. The van der Waals surface area contributed by atoms with Gasteiger partial charge in [0.15, 0.2) is 0 Å². The van der Waals surface area contributed by atoms with Crippen LogP contribution >= 0.6 is 0 Å². The summed E-state index contributed by atoms with van der Waals surface area (Å²) in [7, 11) is 0. The summed E-state index contributed by atoms with van der Waals surface area (Å²) in [6, 6.07) is 10.7. The Balaban J connectivity index is 1.65. The van der Waals surface area contributed by atoms with Gasteiger partial charge in [0, 0.05) is 18.2 Å². The molecule has 0 amide bonds. The van der Waals surface area contributed by atoms with Crippen LogP contribution in [0.4, 0.5) is 0 Å². The molecule has 1 heterocycles. The molecule has 0 spiro atoms. The molecular weight excluding hydrogens is 250 g/mol. The van der Waals surface area contributed by atoms with Crippen LogP contribution in [-0.4, -0.2) is 27.4 Å². The van der Waals surface area contributed by atoms with E-state index in [1.54, 1.807) is 0 Å². The number of aromatic amines is 1. The second kappa shape index (κ2) is 6.20. The molecule has 0 aliphatic heterocycles. The zero-order chi connectivity index (χ0) is 13.8. The number of nitrogens with one attached hydrogen (secondary N) is 2. The highest BCUT2D eigenvalue weighted by atomic mass is 16.3. The summed E-state index contributed by atoms with van der Waals surface area (Å²) >= 11 is 0. The SMILES string of the molecule is OC1CCCC(NCc2cn[nH]c2-c2ccccc2)C1. The van der Waals surface area contributed by atoms with Crippen LogP contribution in [0.25, 0.3) is 11.3 Å². The summed E-state index contributed by atoms with van der Waals surface area (Å²) in [5.41, 5.74) is 3.41. The molecule has 106 valence electrons. The third-order valence-electron chi connectivity index (χ3n) is 4.01. The summed E-state index contributed by atoms with van der Waals surface area (Å²) in [6.45, 7) is 0.790. The van der Waals surface area contributed by atoms with Gasteiger partial charge in [-0.15, -0.1) is 0 Å². The van der Waals surface area contributed by atoms with Gasteiger partial charge in [-0.05, 0) is 31.2 Å². The van der Waals surface area contributed by atoms with E-state index in [1.807, 2.05) is 24.4 Å². The van der Waals surface area contributed by atoms with Gasteiger partial charge in [0.2, 0.25) is 0 Å². The first kappa shape index (κ1) is 13.3. The molecule has 2 aromatic rings. The molecule has 2 atom stereocenters. The molecule has 2 unspecified atom stereocenters. The van der Waals surface area contributed by atoms with E-state index in [0.29, 0.717) is 6.04 Å². The molecule has 1 aliphatic carbocycles. The third kappa shape index (κ3) is 3.08. The Hall–Kier alpha value is -1.65. The van der Waals surface area contributed by atoms with Crippen LogP contribution in [0.2, 0.25) is 0 Å². The number of aliphatic hydroxyl groups excluding tert-OH is 1. The number of rotatable bonds is 4. The number of aromatic nitrogens is 2. The van der Waals surface area contributed by atoms with Gasteiger partial charge in [-0.3, -0.25) is 5.10 Å². The number of hydrogen-bond acceptors (Lipinski definition) is 3. The summed E-state index contributed by atoms with van der Waals surface area (Å²) in [4.78, 5) is 0. The minimum atomic E-state index is -0.140. The first-order chi connectivity index (χ1) is 9.83. The van der Waals surface area contributed by atoms with Crippen molar-refractivity contribution in [3.8, 4) is 11.3 Å². The Morgan fingerprint density at radius 1 is 1.25 bits per heavy atom. The van der Waals surface area contributed by atoms with Gasteiger partial charge in [-0.2, -0.15) is 5.10 Å². The highest BCUT2D eigenvalue weighted by molar-refractivity contribution is 5.62. The lowest BCUT2D eigenvalue weighted by atomic mass is 9.93. The molecule has 1 fully saturated rings. The second-order valence-electron chi connectivity index (χ2n) is 5.53. The second-order valence-corrected chi connectivity index (χ2v) is 5.53. The highest BCUT2D eigenvalue weighted by Gasteiger charge is 2.20. The van der Waals surface area contributed by atoms with Crippen molar-refractivity contribution in [2.45, 2.75) is 44.4 Å². The van der Waals surface area contributed by atoms with Gasteiger partial charge in [0.25, 0.3) is 0 Å². The van der Waals surface area contributed by atoms with Gasteiger partial charge in [-0.1, -0.05) is 30.3 Å². The Morgan fingerprint density at radius 3 is 2.90 bits per heavy atom. The lowest BCUT2D eigenvalue weighted by molar-refractivity contribution is 0.111. The largest absolute Gasteiger partial charge is 0.393 e. The maximum atomic E-state index is 9.71. The Labute approximate surface area is 119 Å². The molecule has 0 saturated heterocycles. The smallest absolute Gasteiger partial charge is 0.0695 e. The van der Waals surface area contributed by atoms with Crippen molar-refractivity contribution in [2.24, 2.45) is 0 Å². The number of hydrogen-bond donors (Lipinski definition) is 3. The number of H-pyrrole nitrogens is 1. The average Bonchev–Trinajstić information content (AvgIpc) is 2.95. The van der Waals surface area contributed by atoms with Crippen molar-refractivity contribution in [1.82, 2.24) is 15.5 Å². The van der Waals surface area contributed by atoms with Crippen LogP contribution < -0.4 is 5.32 Å². The first-order valence-electron chi connectivity index (χ1n) is 7.32. The molecule has 20 heavy (non-hydrogen) atoms. The molecule has 4 heteroatoms. The standard InChI is InChI=1S/C16H21N3O/c20-15-8-4-7-14(9-15)17-10-13-11-18-19-16(13)12-5-2-1-3-6-12/h1-3,5-6,11,14-15,17,20H,4,7-10H2,(H,18,19). The molecule has 3 rings (SSSR count). The molecule has 1 aliphatic rings. The Bertz CT molecular complexity index is 538. The van der Waals surface area contributed by atoms with E-state index in [2.05, 4.69) is 27.6 Å². The van der Waals surface area contributed by atoms with Crippen molar-refractivity contribution < 1.29 is 5.11 Å². The maximum absolute atomic E-state index is 9.71. The van der Waals surface area contributed by atoms with E-state index in [0.717, 1.165) is 43.5 Å². The van der Waals surface area contributed by atoms with Gasteiger partial charge >= 0.3 is 0 Å². The lowest BCUT2D eigenvalue weighted by Crippen LogP contribution is -2.35. The van der Waals surface area contributed by atoms with Gasteiger partial charge < -0.3 is 10.4 Å². The van der Waals surface area contributed by atoms with Crippen LogP contribution in [0.15, 0.2) is 36.5 Å². The summed E-state index contributed by atoms with van der Waals surface area (Å²) < 4.78 is 0. The molecule has 1 aromatic heterocycles. The monoisotopic (exact) mass is 271 g/mol.